The van der Waals surface area contributed by atoms with Crippen molar-refractivity contribution >= 4 is 156 Å². The molecule has 0 saturated heterocycles. The molecular weight excluding hydrogens is 1410 g/mol. The van der Waals surface area contributed by atoms with Crippen molar-refractivity contribution in [3.63, 3.8) is 0 Å². The summed E-state index contributed by atoms with van der Waals surface area (Å²) in [7, 11) is 0. The first kappa shape index (κ1) is 75.8. The maximum Gasteiger partial charge on any atom is 0.333 e. The lowest BCUT2D eigenvalue weighted by Crippen LogP contribution is -2.63. The van der Waals surface area contributed by atoms with Crippen LogP contribution in [0.5, 0.6) is 5.75 Å². The van der Waals surface area contributed by atoms with E-state index in [-0.39, 0.29) is 113 Å². The lowest BCUT2D eigenvalue weighted by molar-refractivity contribution is -0.139. The number of fused-ring (bicyclic) bond motifs is 8. The summed E-state index contributed by atoms with van der Waals surface area (Å²) in [5, 5.41) is 43.1. The molecule has 524 valence electrons. The van der Waals surface area contributed by atoms with E-state index in [9.17, 15) is 67.1 Å². The molecule has 0 spiro atoms. The van der Waals surface area contributed by atoms with Crippen LogP contribution in [0.15, 0.2) is 85.0 Å². The van der Waals surface area contributed by atoms with Crippen molar-refractivity contribution in [3.8, 4) is 5.75 Å². The number of carbonyl (C=O) groups excluding carboxylic acids is 12. The molecule has 3 aliphatic heterocycles. The predicted octanol–water partition coefficient (Wildman–Crippen LogP) is 1.96. The summed E-state index contributed by atoms with van der Waals surface area (Å²) in [5.41, 5.74) is 3.09. The zero-order valence-corrected chi connectivity index (χ0v) is 56.9. The molecule has 3 aliphatic rings. The first-order chi connectivity index (χ1) is 46.8. The molecule has 0 aromatic heterocycles. The van der Waals surface area contributed by atoms with Crippen LogP contribution in [0.1, 0.15) is 89.2 Å². The van der Waals surface area contributed by atoms with Gasteiger partial charge in [0.1, 0.15) is 42.0 Å². The van der Waals surface area contributed by atoms with Crippen LogP contribution < -0.4 is 62.4 Å². The van der Waals surface area contributed by atoms with Gasteiger partial charge in [-0.15, -0.1) is 11.6 Å². The van der Waals surface area contributed by atoms with Crippen molar-refractivity contribution in [2.75, 3.05) is 78.0 Å². The monoisotopic (exact) mass is 1490 g/mol. The molecular formula is C66H77ClIN11O19. The first-order valence-electron chi connectivity index (χ1n) is 31.5. The number of nitrogens with zero attached hydrogens (tertiary/aromatic N) is 2. The van der Waals surface area contributed by atoms with E-state index in [1.54, 1.807) is 40.1 Å². The predicted molar refractivity (Wildman–Crippen MR) is 365 cm³/mol. The number of rotatable bonds is 9. The summed E-state index contributed by atoms with van der Waals surface area (Å²) < 4.78 is 17.7. The highest BCUT2D eigenvalue weighted by molar-refractivity contribution is 14.1. The quantitative estimate of drug-likeness (QED) is 0.0375. The Kier molecular flexibility index (Phi) is 27.9. The molecule has 8 atom stereocenters. The minimum atomic E-state index is -2.02. The van der Waals surface area contributed by atoms with Crippen molar-refractivity contribution in [1.29, 1.82) is 0 Å². The van der Waals surface area contributed by atoms with Gasteiger partial charge in [0.25, 0.3) is 0 Å². The van der Waals surface area contributed by atoms with E-state index in [1.807, 2.05) is 30.3 Å². The molecule has 11 N–H and O–H groups in total. The number of nitrogens with one attached hydrogen (secondary N) is 9. The van der Waals surface area contributed by atoms with Crippen LogP contribution in [0.3, 0.4) is 0 Å². The third-order valence-corrected chi connectivity index (χ3v) is 17.1. The highest BCUT2D eigenvalue weighted by Crippen LogP contribution is 2.48. The number of alkyl halides is 2. The van der Waals surface area contributed by atoms with E-state index in [1.165, 1.54) is 27.7 Å². The van der Waals surface area contributed by atoms with E-state index in [4.69, 9.17) is 36.0 Å². The van der Waals surface area contributed by atoms with E-state index in [2.05, 4.69) is 70.4 Å². The Morgan fingerprint density at radius 1 is 0.561 bits per heavy atom. The van der Waals surface area contributed by atoms with E-state index in [0.717, 1.165) is 27.4 Å². The normalized spacial score (nSPS) is 23.3. The molecule has 30 nitrogen and oxygen atoms in total. The molecule has 98 heavy (non-hydrogen) atoms. The minimum Gasteiger partial charge on any atom is -0.478 e. The van der Waals surface area contributed by atoms with Crippen molar-refractivity contribution in [2.24, 2.45) is 0 Å². The Hall–Kier alpha value is -9.60. The number of carboxylic acids is 2. The number of halogens is 2. The molecule has 0 saturated carbocycles. The molecule has 4 aromatic carbocycles. The zero-order chi connectivity index (χ0) is 71.3. The maximum atomic E-state index is 14.5. The molecule has 0 aliphatic carbocycles. The van der Waals surface area contributed by atoms with Gasteiger partial charge in [-0.3, -0.25) is 52.7 Å². The highest BCUT2D eigenvalue weighted by atomic mass is 127. The number of benzene rings is 4. The van der Waals surface area contributed by atoms with Crippen LogP contribution >= 0.6 is 34.2 Å². The molecule has 11 amide bonds. The molecule has 0 fully saturated rings. The summed E-state index contributed by atoms with van der Waals surface area (Å²) in [5.74, 6) is -12.8. The Morgan fingerprint density at radius 2 is 1.01 bits per heavy atom. The number of carboxylic acid groups (broad SMARTS) is 2. The summed E-state index contributed by atoms with van der Waals surface area (Å²) in [6.45, 7) is 4.33. The van der Waals surface area contributed by atoms with Crippen LogP contribution in [0, 0.1) is 0 Å². The average molecular weight is 1490 g/mol. The van der Waals surface area contributed by atoms with Crippen LogP contribution in [0.2, 0.25) is 0 Å². The van der Waals surface area contributed by atoms with Crippen LogP contribution in [-0.4, -0.2) is 192 Å². The van der Waals surface area contributed by atoms with Crippen LogP contribution in [0.4, 0.5) is 17.1 Å². The molecule has 4 aromatic rings. The smallest absolute Gasteiger partial charge is 0.333 e. The van der Waals surface area contributed by atoms with Crippen molar-refractivity contribution in [1.82, 2.24) is 42.5 Å². The summed E-state index contributed by atoms with van der Waals surface area (Å²) in [4.78, 5) is 188. The first-order valence-corrected chi connectivity index (χ1v) is 33.6. The Morgan fingerprint density at radius 3 is 1.51 bits per heavy atom. The lowest BCUT2D eigenvalue weighted by atomic mass is 9.92. The van der Waals surface area contributed by atoms with Gasteiger partial charge in [0, 0.05) is 121 Å². The van der Waals surface area contributed by atoms with E-state index >= 15 is 0 Å². The average Bonchev–Trinajstić information content (AvgIpc) is 1.56. The number of hydrogen-bond donors (Lipinski definition) is 11. The topological polar surface area (TPSA) is 422 Å². The largest absolute Gasteiger partial charge is 0.478 e. The number of carbonyl (C=O) groups is 14. The van der Waals surface area contributed by atoms with Crippen LogP contribution in [-0.2, 0) is 76.6 Å². The second-order valence-corrected chi connectivity index (χ2v) is 24.6. The summed E-state index contributed by atoms with van der Waals surface area (Å²) in [6.07, 6.45) is 2.10. The van der Waals surface area contributed by atoms with Gasteiger partial charge in [0.05, 0.1) is 37.8 Å². The van der Waals surface area contributed by atoms with Gasteiger partial charge in [-0.2, -0.15) is 0 Å². The molecule has 32 heteroatoms. The number of aliphatic carboxylic acids is 2. The second-order valence-electron chi connectivity index (χ2n) is 23.2. The molecule has 7 rings (SSSR count). The Bertz CT molecular complexity index is 3810. The highest BCUT2D eigenvalue weighted by Gasteiger charge is 2.39. The van der Waals surface area contributed by atoms with E-state index < -0.39 is 107 Å². The molecule has 0 radical (unpaired) electrons. The lowest BCUT2D eigenvalue weighted by Gasteiger charge is -2.26. The van der Waals surface area contributed by atoms with Gasteiger partial charge >= 0.3 is 17.9 Å². The standard InChI is InChI=1S/C66H77ClIN11O19/c1-35-61(90)73-37(3)63(92)75-45-30-46-57(43-12-7-5-10-41(43)45)39(20-23-68)33-78(46)53(84)14-9-15-54(85)79-34-40(32-67)58-44-13-8-6-11-42(44)48(31-47(58)79)98-66(95)38(4)74-62(91)36(2)72-52(83)22-27-97-29-25-70-65(94)60(77-50(81)17-19-56(88)89)59(76-49(80)16-18-55(86)87)64(93)69-24-28-96-26-21-51(82)71-35/h5-8,10-13,16-19,30-31,35-40,59-60H,9,14-15,20-29,32-34H2,1-4H3,(H,69,93)(H,70,94)(H,71,82)(H,72,83)(H,73,90)(H,74,91)(H,75,92)(H,76,80)(H,77,81)(H,86,87)(H,88,89)/b18-16-,19-17-/t35?,36?,37?,38?,39-,40-,59?,60?/m1/s1. The number of ether oxygens (including phenoxy) is 3. The SMILES string of the molecule is CC1NC(=O)CCOCCNC(=O)C(NC(=O)/C=C\C(=O)O)C(NC(=O)/C=C\C(=O)O)C(=O)NCCOCCC(=O)NC(C)C(=O)NC(C)C(=O)Oc2cc3c(c4ccccc24)[C@H](CCl)CN3C(=O)CCCC(=O)N2C[C@@H](CCI)c3c2cc(c2ccccc32)NC(=O)C(C)NC1=O. The van der Waals surface area contributed by atoms with Gasteiger partial charge in [-0.1, -0.05) is 71.1 Å². The minimum absolute atomic E-state index is 0.0171. The molecule has 3 heterocycles. The fourth-order valence-corrected chi connectivity index (χ4v) is 12.2. The maximum absolute atomic E-state index is 14.5. The van der Waals surface area contributed by atoms with Gasteiger partial charge in [0.15, 0.2) is 0 Å². The van der Waals surface area contributed by atoms with Crippen molar-refractivity contribution in [2.45, 2.75) is 114 Å². The van der Waals surface area contributed by atoms with Crippen LogP contribution in [0.25, 0.3) is 21.5 Å². The zero-order valence-electron chi connectivity index (χ0n) is 54.0. The number of amides is 11. The number of anilines is 3. The third kappa shape index (κ3) is 20.5. The fraction of sp³-hybridized carbons (Fsp3) is 0.424. The van der Waals surface area contributed by atoms with Gasteiger partial charge < -0.3 is 82.1 Å². The number of esters is 1. The molecule has 4 bridgehead atoms. The molecule has 6 unspecified atom stereocenters. The number of hydrogen-bond acceptors (Lipinski definition) is 17. The van der Waals surface area contributed by atoms with Gasteiger partial charge in [-0.25, -0.2) is 14.4 Å². The third-order valence-electron chi connectivity index (χ3n) is 16.1. The summed E-state index contributed by atoms with van der Waals surface area (Å²) in [6, 6.07) is 9.05. The fourth-order valence-electron chi connectivity index (χ4n) is 11.2. The van der Waals surface area contributed by atoms with Crippen molar-refractivity contribution < 1.29 is 91.5 Å². The Balaban J connectivity index is 1.11. The van der Waals surface area contributed by atoms with Crippen molar-refractivity contribution in [3.05, 3.63) is 96.1 Å². The summed E-state index contributed by atoms with van der Waals surface area (Å²) >= 11 is 8.87. The second kappa shape index (κ2) is 36.1. The van der Waals surface area contributed by atoms with Gasteiger partial charge in [0.2, 0.25) is 65.0 Å². The van der Waals surface area contributed by atoms with Gasteiger partial charge in [-0.05, 0) is 68.5 Å². The van der Waals surface area contributed by atoms with E-state index in [0.29, 0.717) is 64.1 Å². The Labute approximate surface area is 580 Å².